The molecule has 0 saturated heterocycles. The van der Waals surface area contributed by atoms with Crippen molar-refractivity contribution >= 4 is 26.7 Å². The minimum Gasteiger partial charge on any atom is -0.491 e. The van der Waals surface area contributed by atoms with Crippen molar-refractivity contribution in [2.75, 3.05) is 18.6 Å². The molecule has 2 aromatic heterocycles. The Morgan fingerprint density at radius 2 is 2.00 bits per heavy atom. The number of carbonyl (C=O) groups is 1. The first-order valence-electron chi connectivity index (χ1n) is 11.6. The van der Waals surface area contributed by atoms with E-state index in [-0.39, 0.29) is 28.2 Å². The molecular weight excluding hydrogens is 470 g/mol. The third-order valence-corrected chi connectivity index (χ3v) is 8.16. The molecule has 0 radical (unpaired) electrons. The predicted molar refractivity (Wildman–Crippen MR) is 132 cm³/mol. The van der Waals surface area contributed by atoms with E-state index >= 15 is 0 Å². The second-order valence-electron chi connectivity index (χ2n) is 11.1. The molecular formula is C25H29N3O6S. The molecule has 0 spiro atoms. The van der Waals surface area contributed by atoms with Crippen LogP contribution in [0.4, 0.5) is 0 Å². The van der Waals surface area contributed by atoms with Gasteiger partial charge in [0.05, 0.1) is 36.3 Å². The number of hydrogen-bond donors (Lipinski definition) is 1. The van der Waals surface area contributed by atoms with Gasteiger partial charge in [-0.2, -0.15) is 5.10 Å². The zero-order chi connectivity index (χ0) is 25.3. The highest BCUT2D eigenvalue weighted by atomic mass is 32.2. The first kappa shape index (κ1) is 23.6. The third-order valence-electron chi connectivity index (χ3n) is 7.03. The maximum atomic E-state index is 12.7. The molecule has 35 heavy (non-hydrogen) atoms. The second kappa shape index (κ2) is 7.68. The lowest BCUT2D eigenvalue weighted by molar-refractivity contribution is 0.0693. The Bertz CT molecular complexity index is 1520. The van der Waals surface area contributed by atoms with Crippen molar-refractivity contribution in [1.82, 2.24) is 14.3 Å². The number of fused-ring (bicyclic) bond motifs is 5. The second-order valence-corrected chi connectivity index (χ2v) is 13.2. The number of rotatable bonds is 6. The fraction of sp³-hybridized carbons (Fsp3) is 0.480. The molecule has 1 fully saturated rings. The van der Waals surface area contributed by atoms with Crippen molar-refractivity contribution in [2.24, 2.45) is 10.8 Å². The van der Waals surface area contributed by atoms with Crippen molar-refractivity contribution in [3.05, 3.63) is 46.2 Å². The summed E-state index contributed by atoms with van der Waals surface area (Å²) in [4.78, 5) is 24.3. The number of benzene rings is 1. The van der Waals surface area contributed by atoms with Crippen LogP contribution < -0.4 is 10.2 Å². The third kappa shape index (κ3) is 4.24. The van der Waals surface area contributed by atoms with Gasteiger partial charge in [-0.05, 0) is 24.3 Å². The van der Waals surface area contributed by atoms with Crippen LogP contribution in [0.25, 0.3) is 22.3 Å². The molecule has 1 aliphatic heterocycles. The fourth-order valence-corrected chi connectivity index (χ4v) is 6.52. The van der Waals surface area contributed by atoms with Gasteiger partial charge in [0.15, 0.2) is 5.43 Å². The molecule has 186 valence electrons. The smallest absolute Gasteiger partial charge is 0.341 e. The van der Waals surface area contributed by atoms with E-state index < -0.39 is 21.2 Å². The summed E-state index contributed by atoms with van der Waals surface area (Å²) in [6, 6.07) is 6.82. The predicted octanol–water partition coefficient (Wildman–Crippen LogP) is 3.37. The average Bonchev–Trinajstić information content (AvgIpc) is 3.37. The van der Waals surface area contributed by atoms with Gasteiger partial charge in [0.1, 0.15) is 26.7 Å². The summed E-state index contributed by atoms with van der Waals surface area (Å²) < 4.78 is 33.6. The van der Waals surface area contributed by atoms with E-state index in [4.69, 9.17) is 9.84 Å². The van der Waals surface area contributed by atoms with Gasteiger partial charge in [-0.25, -0.2) is 13.2 Å². The number of sulfone groups is 1. The zero-order valence-corrected chi connectivity index (χ0v) is 21.1. The maximum Gasteiger partial charge on any atom is 0.341 e. The summed E-state index contributed by atoms with van der Waals surface area (Å²) in [6.45, 7) is 7.00. The Balaban J connectivity index is 1.61. The molecule has 3 heterocycles. The molecule has 5 rings (SSSR count). The van der Waals surface area contributed by atoms with E-state index in [0.29, 0.717) is 30.1 Å². The van der Waals surface area contributed by atoms with Gasteiger partial charge in [-0.1, -0.05) is 32.9 Å². The van der Waals surface area contributed by atoms with Crippen molar-refractivity contribution in [2.45, 2.75) is 46.2 Å². The standard InChI is InChI=1S/C25H29N3O6S/c1-24(2,3)20-12-28-22(17-10-18(29)16(23(30)31)11-27(17)20)15-6-5-7-19(21(15)26-28)34-13-25(8-9-25)14-35(4,32)33/h5-7,10-11,20H,8-9,12-14H2,1-4H3,(H,30,31). The highest BCUT2D eigenvalue weighted by Gasteiger charge is 2.46. The van der Waals surface area contributed by atoms with E-state index in [9.17, 15) is 23.1 Å². The number of aromatic carboxylic acids is 1. The van der Waals surface area contributed by atoms with Crippen molar-refractivity contribution < 1.29 is 23.1 Å². The number of carboxylic acids is 1. The van der Waals surface area contributed by atoms with Crippen LogP contribution in [0.15, 0.2) is 35.3 Å². The van der Waals surface area contributed by atoms with E-state index in [1.807, 2.05) is 27.4 Å². The van der Waals surface area contributed by atoms with Gasteiger partial charge in [0, 0.05) is 29.3 Å². The summed E-state index contributed by atoms with van der Waals surface area (Å²) >= 11 is 0. The van der Waals surface area contributed by atoms with Crippen LogP contribution in [0.3, 0.4) is 0 Å². The summed E-state index contributed by atoms with van der Waals surface area (Å²) in [5.41, 5.74) is 0.582. The summed E-state index contributed by atoms with van der Waals surface area (Å²) in [5, 5.41) is 15.2. The van der Waals surface area contributed by atoms with Gasteiger partial charge < -0.3 is 14.4 Å². The first-order valence-corrected chi connectivity index (χ1v) is 13.6. The Hall–Kier alpha value is -3.14. The van der Waals surface area contributed by atoms with Gasteiger partial charge in [0.2, 0.25) is 0 Å². The topological polar surface area (TPSA) is 120 Å². The number of aromatic nitrogens is 3. The van der Waals surface area contributed by atoms with E-state index in [0.717, 1.165) is 23.9 Å². The number of hydrogen-bond acceptors (Lipinski definition) is 6. The summed E-state index contributed by atoms with van der Waals surface area (Å²) in [6.07, 6.45) is 4.31. The molecule has 10 heteroatoms. The van der Waals surface area contributed by atoms with Crippen LogP contribution in [0.5, 0.6) is 5.75 Å². The number of pyridine rings is 1. The molecule has 1 N–H and O–H groups in total. The van der Waals surface area contributed by atoms with Crippen molar-refractivity contribution in [1.29, 1.82) is 0 Å². The maximum absolute atomic E-state index is 12.7. The molecule has 1 atom stereocenters. The van der Waals surface area contributed by atoms with Crippen molar-refractivity contribution in [3.63, 3.8) is 0 Å². The SMILES string of the molecule is CC(C)(C)C1Cn2nc3c(OCC4(CS(C)(=O)=O)CC4)cccc3c2-c2cc(=O)c(C(=O)O)cn21. The zero-order valence-electron chi connectivity index (χ0n) is 20.2. The highest BCUT2D eigenvalue weighted by Crippen LogP contribution is 2.48. The number of carboxylic acid groups (broad SMARTS) is 1. The van der Waals surface area contributed by atoms with Gasteiger partial charge in [0.25, 0.3) is 0 Å². The first-order chi connectivity index (χ1) is 16.3. The largest absolute Gasteiger partial charge is 0.491 e. The van der Waals surface area contributed by atoms with Crippen LogP contribution in [-0.2, 0) is 16.4 Å². The normalized spacial score (nSPS) is 18.7. The van der Waals surface area contributed by atoms with Crippen LogP contribution >= 0.6 is 0 Å². The van der Waals surface area contributed by atoms with Crippen LogP contribution in [0.1, 0.15) is 50.0 Å². The molecule has 0 amide bonds. The molecule has 9 nitrogen and oxygen atoms in total. The Kier molecular flexibility index (Phi) is 5.18. The van der Waals surface area contributed by atoms with Crippen LogP contribution in [0, 0.1) is 10.8 Å². The summed E-state index contributed by atoms with van der Waals surface area (Å²) in [5.74, 6) is -0.585. The Labute approximate surface area is 203 Å². The minimum atomic E-state index is -3.11. The van der Waals surface area contributed by atoms with Gasteiger partial charge >= 0.3 is 5.97 Å². The van der Waals surface area contributed by atoms with E-state index in [1.54, 1.807) is 0 Å². The average molecular weight is 500 g/mol. The number of nitrogens with zero attached hydrogens (tertiary/aromatic N) is 3. The fourth-order valence-electron chi connectivity index (χ4n) is 5.04. The molecule has 1 unspecified atom stereocenters. The lowest BCUT2D eigenvalue weighted by atomic mass is 9.85. The lowest BCUT2D eigenvalue weighted by Gasteiger charge is -2.38. The van der Waals surface area contributed by atoms with Crippen molar-refractivity contribution in [3.8, 4) is 17.1 Å². The minimum absolute atomic E-state index is 0.102. The lowest BCUT2D eigenvalue weighted by Crippen LogP contribution is -2.35. The quantitative estimate of drug-likeness (QED) is 0.552. The summed E-state index contributed by atoms with van der Waals surface area (Å²) in [7, 11) is -3.11. The Morgan fingerprint density at radius 1 is 1.29 bits per heavy atom. The number of ether oxygens (including phenoxy) is 1. The van der Waals surface area contributed by atoms with Crippen LogP contribution in [0.2, 0.25) is 0 Å². The molecule has 1 saturated carbocycles. The molecule has 1 aliphatic carbocycles. The molecule has 0 bridgehead atoms. The highest BCUT2D eigenvalue weighted by molar-refractivity contribution is 7.90. The molecule has 3 aromatic rings. The Morgan fingerprint density at radius 3 is 2.60 bits per heavy atom. The molecule has 1 aromatic carbocycles. The van der Waals surface area contributed by atoms with Gasteiger partial charge in [-0.15, -0.1) is 0 Å². The van der Waals surface area contributed by atoms with E-state index in [2.05, 4.69) is 20.8 Å². The molecule has 2 aliphatic rings. The van der Waals surface area contributed by atoms with Crippen LogP contribution in [-0.4, -0.2) is 52.5 Å². The van der Waals surface area contributed by atoms with Gasteiger partial charge in [-0.3, -0.25) is 9.48 Å². The van der Waals surface area contributed by atoms with E-state index in [1.165, 1.54) is 18.5 Å². The monoisotopic (exact) mass is 499 g/mol.